The molecule has 2 unspecified atom stereocenters. The number of aliphatic carboxylic acids is 1. The number of fused-ring (bicyclic) bond motifs is 1. The number of aromatic nitrogens is 2. The van der Waals surface area contributed by atoms with Crippen LogP contribution >= 0.6 is 0 Å². The summed E-state index contributed by atoms with van der Waals surface area (Å²) in [5.41, 5.74) is 2.02. The first-order valence-electron chi connectivity index (χ1n) is 6.32. The van der Waals surface area contributed by atoms with Crippen molar-refractivity contribution < 1.29 is 9.90 Å². The minimum atomic E-state index is -0.690. The van der Waals surface area contributed by atoms with Gasteiger partial charge in [-0.05, 0) is 25.0 Å². The summed E-state index contributed by atoms with van der Waals surface area (Å²) in [4.78, 5) is 15.9. The Morgan fingerprint density at radius 3 is 2.89 bits per heavy atom. The summed E-state index contributed by atoms with van der Waals surface area (Å²) >= 11 is 0. The molecule has 1 N–H and O–H groups in total. The molecule has 0 aliphatic heterocycles. The van der Waals surface area contributed by atoms with E-state index >= 15 is 0 Å². The first kappa shape index (κ1) is 11.3. The van der Waals surface area contributed by atoms with Crippen LogP contribution in [-0.4, -0.2) is 20.6 Å². The molecule has 18 heavy (non-hydrogen) atoms. The molecule has 1 saturated carbocycles. The number of imidazole rings is 1. The van der Waals surface area contributed by atoms with Crippen LogP contribution < -0.4 is 0 Å². The van der Waals surface area contributed by atoms with Gasteiger partial charge in [0.25, 0.3) is 0 Å². The number of aryl methyl sites for hydroxylation is 1. The number of rotatable bonds is 2. The standard InChI is InChI=1S/C14H16N2O2/c1-16-12-8-3-2-7-11(12)15-13(16)9-5-4-6-10(9)14(17)18/h2-3,7-10H,4-6H2,1H3,(H,17,18). The summed E-state index contributed by atoms with van der Waals surface area (Å²) in [5.74, 6) is 0.00562. The average molecular weight is 244 g/mol. The number of para-hydroxylation sites is 2. The van der Waals surface area contributed by atoms with E-state index in [1.54, 1.807) is 0 Å². The van der Waals surface area contributed by atoms with Gasteiger partial charge in [-0.2, -0.15) is 0 Å². The van der Waals surface area contributed by atoms with E-state index in [2.05, 4.69) is 4.98 Å². The monoisotopic (exact) mass is 244 g/mol. The zero-order valence-corrected chi connectivity index (χ0v) is 10.3. The molecule has 4 heteroatoms. The van der Waals surface area contributed by atoms with E-state index in [4.69, 9.17) is 0 Å². The van der Waals surface area contributed by atoms with Gasteiger partial charge in [-0.1, -0.05) is 18.6 Å². The Morgan fingerprint density at radius 2 is 2.17 bits per heavy atom. The van der Waals surface area contributed by atoms with Crippen molar-refractivity contribution in [2.45, 2.75) is 25.2 Å². The Hall–Kier alpha value is -1.84. The van der Waals surface area contributed by atoms with Crippen molar-refractivity contribution >= 4 is 17.0 Å². The topological polar surface area (TPSA) is 55.1 Å². The molecule has 1 aliphatic rings. The Morgan fingerprint density at radius 1 is 1.39 bits per heavy atom. The molecule has 0 spiro atoms. The van der Waals surface area contributed by atoms with Crippen LogP contribution in [0.1, 0.15) is 31.0 Å². The lowest BCUT2D eigenvalue weighted by Gasteiger charge is -2.15. The summed E-state index contributed by atoms with van der Waals surface area (Å²) in [6, 6.07) is 7.94. The smallest absolute Gasteiger partial charge is 0.307 e. The van der Waals surface area contributed by atoms with Gasteiger partial charge in [0.2, 0.25) is 0 Å². The maximum absolute atomic E-state index is 11.3. The van der Waals surface area contributed by atoms with Crippen LogP contribution in [-0.2, 0) is 11.8 Å². The van der Waals surface area contributed by atoms with E-state index in [9.17, 15) is 9.90 Å². The second-order valence-electron chi connectivity index (χ2n) is 5.00. The first-order chi connectivity index (χ1) is 8.68. The van der Waals surface area contributed by atoms with Gasteiger partial charge in [-0.25, -0.2) is 4.98 Å². The van der Waals surface area contributed by atoms with Crippen molar-refractivity contribution in [2.24, 2.45) is 13.0 Å². The molecule has 1 aromatic carbocycles. The number of carboxylic acids is 1. The molecule has 0 amide bonds. The summed E-state index contributed by atoms with van der Waals surface area (Å²) in [7, 11) is 1.97. The van der Waals surface area contributed by atoms with Crippen LogP contribution in [0.4, 0.5) is 0 Å². The van der Waals surface area contributed by atoms with Gasteiger partial charge in [0.1, 0.15) is 5.82 Å². The molecular weight excluding hydrogens is 228 g/mol. The number of hydrogen-bond acceptors (Lipinski definition) is 2. The minimum Gasteiger partial charge on any atom is -0.481 e. The lowest BCUT2D eigenvalue weighted by atomic mass is 9.95. The van der Waals surface area contributed by atoms with Crippen LogP contribution in [0.25, 0.3) is 11.0 Å². The lowest BCUT2D eigenvalue weighted by molar-refractivity contribution is -0.142. The van der Waals surface area contributed by atoms with Crippen molar-refractivity contribution in [3.8, 4) is 0 Å². The molecular formula is C14H16N2O2. The molecule has 1 fully saturated rings. The number of hydrogen-bond donors (Lipinski definition) is 1. The maximum Gasteiger partial charge on any atom is 0.307 e. The second kappa shape index (κ2) is 4.12. The molecule has 3 rings (SSSR count). The highest BCUT2D eigenvalue weighted by atomic mass is 16.4. The summed E-state index contributed by atoms with van der Waals surface area (Å²) < 4.78 is 2.04. The van der Waals surface area contributed by atoms with Gasteiger partial charge < -0.3 is 9.67 Å². The Kier molecular flexibility index (Phi) is 2.58. The van der Waals surface area contributed by atoms with Crippen LogP contribution in [0.2, 0.25) is 0 Å². The van der Waals surface area contributed by atoms with Crippen LogP contribution in [0.5, 0.6) is 0 Å². The number of nitrogens with zero attached hydrogens (tertiary/aromatic N) is 2. The third kappa shape index (κ3) is 1.60. The van der Waals surface area contributed by atoms with Gasteiger partial charge in [0, 0.05) is 13.0 Å². The quantitative estimate of drug-likeness (QED) is 0.883. The summed E-state index contributed by atoms with van der Waals surface area (Å²) in [6.45, 7) is 0. The van der Waals surface area contributed by atoms with E-state index < -0.39 is 5.97 Å². The largest absolute Gasteiger partial charge is 0.481 e. The lowest BCUT2D eigenvalue weighted by Crippen LogP contribution is -2.19. The molecule has 1 aliphatic carbocycles. The zero-order valence-electron chi connectivity index (χ0n) is 10.3. The molecule has 0 saturated heterocycles. The van der Waals surface area contributed by atoms with Gasteiger partial charge in [-0.3, -0.25) is 4.79 Å². The maximum atomic E-state index is 11.3. The van der Waals surface area contributed by atoms with E-state index in [1.165, 1.54) is 0 Å². The fraction of sp³-hybridized carbons (Fsp3) is 0.429. The van der Waals surface area contributed by atoms with Crippen LogP contribution in [0, 0.1) is 5.92 Å². The van der Waals surface area contributed by atoms with Crippen molar-refractivity contribution in [3.63, 3.8) is 0 Å². The first-order valence-corrected chi connectivity index (χ1v) is 6.32. The van der Waals surface area contributed by atoms with Gasteiger partial charge >= 0.3 is 5.97 Å². The SMILES string of the molecule is Cn1c(C2CCCC2C(=O)O)nc2ccccc21. The average Bonchev–Trinajstić information content (AvgIpc) is 2.94. The highest BCUT2D eigenvalue weighted by Crippen LogP contribution is 2.39. The second-order valence-corrected chi connectivity index (χ2v) is 5.00. The van der Waals surface area contributed by atoms with Crippen LogP contribution in [0.15, 0.2) is 24.3 Å². The van der Waals surface area contributed by atoms with Gasteiger partial charge in [0.05, 0.1) is 17.0 Å². The number of benzene rings is 1. The Balaban J connectivity index is 2.09. The van der Waals surface area contributed by atoms with Crippen LogP contribution in [0.3, 0.4) is 0 Å². The normalized spacial score (nSPS) is 23.6. The fourth-order valence-electron chi connectivity index (χ4n) is 3.06. The minimum absolute atomic E-state index is 0.0555. The van der Waals surface area contributed by atoms with Gasteiger partial charge in [0.15, 0.2) is 0 Å². The molecule has 1 aromatic heterocycles. The van der Waals surface area contributed by atoms with Crippen molar-refractivity contribution in [1.82, 2.24) is 9.55 Å². The van der Waals surface area contributed by atoms with E-state index in [0.29, 0.717) is 0 Å². The zero-order chi connectivity index (χ0) is 12.7. The highest BCUT2D eigenvalue weighted by Gasteiger charge is 2.36. The third-order valence-electron chi connectivity index (χ3n) is 3.99. The van der Waals surface area contributed by atoms with E-state index in [1.807, 2.05) is 35.9 Å². The number of carboxylic acid groups (broad SMARTS) is 1. The fourth-order valence-corrected chi connectivity index (χ4v) is 3.06. The van der Waals surface area contributed by atoms with Crippen molar-refractivity contribution in [2.75, 3.05) is 0 Å². The predicted octanol–water partition coefficient (Wildman–Crippen LogP) is 2.54. The predicted molar refractivity (Wildman–Crippen MR) is 68.4 cm³/mol. The molecule has 94 valence electrons. The molecule has 2 aromatic rings. The summed E-state index contributed by atoms with van der Waals surface area (Å²) in [6.07, 6.45) is 2.67. The Labute approximate surface area is 105 Å². The summed E-state index contributed by atoms with van der Waals surface area (Å²) in [5, 5.41) is 9.27. The molecule has 4 nitrogen and oxygen atoms in total. The molecule has 1 heterocycles. The molecule has 0 radical (unpaired) electrons. The molecule has 0 bridgehead atoms. The van der Waals surface area contributed by atoms with E-state index in [0.717, 1.165) is 36.1 Å². The van der Waals surface area contributed by atoms with E-state index in [-0.39, 0.29) is 11.8 Å². The van der Waals surface area contributed by atoms with Crippen molar-refractivity contribution in [3.05, 3.63) is 30.1 Å². The Bertz CT molecular complexity index is 603. The molecule has 2 atom stereocenters. The van der Waals surface area contributed by atoms with Gasteiger partial charge in [-0.15, -0.1) is 0 Å². The highest BCUT2D eigenvalue weighted by molar-refractivity contribution is 5.77. The number of carbonyl (C=O) groups is 1. The third-order valence-corrected chi connectivity index (χ3v) is 3.99. The van der Waals surface area contributed by atoms with Crippen molar-refractivity contribution in [1.29, 1.82) is 0 Å².